The van der Waals surface area contributed by atoms with Crippen molar-refractivity contribution in [3.8, 4) is 0 Å². The van der Waals surface area contributed by atoms with Crippen molar-refractivity contribution in [1.29, 1.82) is 0 Å². The molecule has 4 heteroatoms. The van der Waals surface area contributed by atoms with Crippen LogP contribution >= 0.6 is 0 Å². The van der Waals surface area contributed by atoms with Crippen LogP contribution in [-0.2, 0) is 5.54 Å². The van der Waals surface area contributed by atoms with E-state index in [9.17, 15) is 0 Å². The summed E-state index contributed by atoms with van der Waals surface area (Å²) in [5, 5.41) is 4.04. The van der Waals surface area contributed by atoms with Gasteiger partial charge in [0, 0.05) is 5.92 Å². The summed E-state index contributed by atoms with van der Waals surface area (Å²) in [6, 6.07) is 0. The lowest BCUT2D eigenvalue weighted by Crippen LogP contribution is -2.41. The smallest absolute Gasteiger partial charge is 0.229 e. The van der Waals surface area contributed by atoms with Gasteiger partial charge in [0.15, 0.2) is 5.82 Å². The van der Waals surface area contributed by atoms with Crippen molar-refractivity contribution in [2.45, 2.75) is 57.9 Å². The predicted octanol–water partition coefficient (Wildman–Crippen LogP) is 2.56. The van der Waals surface area contributed by atoms with E-state index in [4.69, 9.17) is 10.3 Å². The van der Waals surface area contributed by atoms with Crippen molar-refractivity contribution >= 4 is 0 Å². The van der Waals surface area contributed by atoms with Gasteiger partial charge in [-0.05, 0) is 25.7 Å². The average Bonchev–Trinajstić information content (AvgIpc) is 2.90. The van der Waals surface area contributed by atoms with E-state index < -0.39 is 5.54 Å². The number of hydrogen-bond donors (Lipinski definition) is 1. The third kappa shape index (κ3) is 1.98. The summed E-state index contributed by atoms with van der Waals surface area (Å²) in [6.07, 6.45) is 4.90. The average molecular weight is 223 g/mol. The SMILES string of the molecule is CC(C)c1nc(C(C)(N)C2CCCC2)no1. The summed E-state index contributed by atoms with van der Waals surface area (Å²) < 4.78 is 5.23. The zero-order valence-electron chi connectivity index (χ0n) is 10.4. The lowest BCUT2D eigenvalue weighted by molar-refractivity contribution is 0.275. The lowest BCUT2D eigenvalue weighted by Gasteiger charge is -2.27. The number of rotatable bonds is 3. The molecule has 1 unspecified atom stereocenters. The van der Waals surface area contributed by atoms with Gasteiger partial charge in [0.1, 0.15) is 0 Å². The van der Waals surface area contributed by atoms with Crippen LogP contribution in [0.15, 0.2) is 4.52 Å². The van der Waals surface area contributed by atoms with Crippen LogP contribution in [0.5, 0.6) is 0 Å². The Morgan fingerprint density at radius 2 is 2.00 bits per heavy atom. The normalized spacial score (nSPS) is 21.6. The van der Waals surface area contributed by atoms with E-state index >= 15 is 0 Å². The standard InChI is InChI=1S/C12H21N3O/c1-8(2)10-14-11(15-16-10)12(3,13)9-6-4-5-7-9/h8-9H,4-7,13H2,1-3H3. The second kappa shape index (κ2) is 4.17. The molecule has 0 spiro atoms. The first-order chi connectivity index (χ1) is 7.51. The molecule has 0 amide bonds. The summed E-state index contributed by atoms with van der Waals surface area (Å²) in [6.45, 7) is 6.11. The molecule has 1 aromatic rings. The minimum atomic E-state index is -0.437. The van der Waals surface area contributed by atoms with E-state index in [1.165, 1.54) is 25.7 Å². The molecule has 1 aliphatic rings. The van der Waals surface area contributed by atoms with Crippen LogP contribution in [0.3, 0.4) is 0 Å². The van der Waals surface area contributed by atoms with Crippen LogP contribution in [0.1, 0.15) is 64.1 Å². The molecule has 2 rings (SSSR count). The van der Waals surface area contributed by atoms with Crippen LogP contribution in [0, 0.1) is 5.92 Å². The zero-order chi connectivity index (χ0) is 11.8. The highest BCUT2D eigenvalue weighted by Crippen LogP contribution is 2.37. The van der Waals surface area contributed by atoms with Gasteiger partial charge in [0.2, 0.25) is 5.89 Å². The van der Waals surface area contributed by atoms with Crippen LogP contribution in [-0.4, -0.2) is 10.1 Å². The number of nitrogens with zero attached hydrogens (tertiary/aromatic N) is 2. The summed E-state index contributed by atoms with van der Waals surface area (Å²) >= 11 is 0. The molecule has 90 valence electrons. The summed E-state index contributed by atoms with van der Waals surface area (Å²) in [5.74, 6) is 2.11. The third-order valence-electron chi connectivity index (χ3n) is 3.62. The van der Waals surface area contributed by atoms with Crippen LogP contribution in [0.25, 0.3) is 0 Å². The highest BCUT2D eigenvalue weighted by Gasteiger charge is 2.38. The number of nitrogens with two attached hydrogens (primary N) is 1. The molecule has 1 heterocycles. The fourth-order valence-corrected chi connectivity index (χ4v) is 2.40. The van der Waals surface area contributed by atoms with E-state index in [1.54, 1.807) is 0 Å². The van der Waals surface area contributed by atoms with Gasteiger partial charge in [-0.3, -0.25) is 0 Å². The zero-order valence-corrected chi connectivity index (χ0v) is 10.4. The Bertz CT molecular complexity index is 351. The topological polar surface area (TPSA) is 64.9 Å². The van der Waals surface area contributed by atoms with Crippen molar-refractivity contribution in [1.82, 2.24) is 10.1 Å². The van der Waals surface area contributed by atoms with Crippen LogP contribution < -0.4 is 5.73 Å². The molecule has 0 saturated heterocycles. The Labute approximate surface area is 96.6 Å². The summed E-state index contributed by atoms with van der Waals surface area (Å²) in [7, 11) is 0. The molecule has 4 nitrogen and oxygen atoms in total. The van der Waals surface area contributed by atoms with Gasteiger partial charge < -0.3 is 10.3 Å². The molecule has 1 fully saturated rings. The van der Waals surface area contributed by atoms with Gasteiger partial charge in [-0.25, -0.2) is 0 Å². The van der Waals surface area contributed by atoms with Gasteiger partial charge in [-0.1, -0.05) is 31.8 Å². The first-order valence-electron chi connectivity index (χ1n) is 6.14. The fraction of sp³-hybridized carbons (Fsp3) is 0.833. The Morgan fingerprint density at radius 3 is 2.50 bits per heavy atom. The molecule has 0 bridgehead atoms. The Morgan fingerprint density at radius 1 is 1.38 bits per heavy atom. The summed E-state index contributed by atoms with van der Waals surface area (Å²) in [5.41, 5.74) is 5.93. The lowest BCUT2D eigenvalue weighted by atomic mass is 9.84. The highest BCUT2D eigenvalue weighted by molar-refractivity contribution is 5.06. The maximum atomic E-state index is 6.37. The highest BCUT2D eigenvalue weighted by atomic mass is 16.5. The van der Waals surface area contributed by atoms with Crippen molar-refractivity contribution in [3.63, 3.8) is 0 Å². The molecule has 2 N–H and O–H groups in total. The van der Waals surface area contributed by atoms with Crippen molar-refractivity contribution in [2.75, 3.05) is 0 Å². The second-order valence-electron chi connectivity index (χ2n) is 5.37. The van der Waals surface area contributed by atoms with E-state index in [0.717, 1.165) is 0 Å². The van der Waals surface area contributed by atoms with Gasteiger partial charge >= 0.3 is 0 Å². The molecule has 1 saturated carbocycles. The molecule has 1 atom stereocenters. The van der Waals surface area contributed by atoms with Gasteiger partial charge in [0.05, 0.1) is 5.54 Å². The molecule has 16 heavy (non-hydrogen) atoms. The molecule has 0 radical (unpaired) electrons. The number of hydrogen-bond acceptors (Lipinski definition) is 4. The second-order valence-corrected chi connectivity index (χ2v) is 5.37. The minimum absolute atomic E-state index is 0.264. The maximum Gasteiger partial charge on any atom is 0.229 e. The van der Waals surface area contributed by atoms with Gasteiger partial charge in [-0.15, -0.1) is 0 Å². The summed E-state index contributed by atoms with van der Waals surface area (Å²) in [4.78, 5) is 4.42. The van der Waals surface area contributed by atoms with E-state index in [1.807, 2.05) is 20.8 Å². The van der Waals surface area contributed by atoms with Crippen molar-refractivity contribution < 1.29 is 4.52 Å². The van der Waals surface area contributed by atoms with Crippen molar-refractivity contribution in [3.05, 3.63) is 11.7 Å². The Kier molecular flexibility index (Phi) is 3.02. The van der Waals surface area contributed by atoms with E-state index in [0.29, 0.717) is 17.6 Å². The van der Waals surface area contributed by atoms with Crippen molar-refractivity contribution in [2.24, 2.45) is 11.7 Å². The predicted molar refractivity (Wildman–Crippen MR) is 61.9 cm³/mol. The quantitative estimate of drug-likeness (QED) is 0.855. The largest absolute Gasteiger partial charge is 0.339 e. The van der Waals surface area contributed by atoms with Gasteiger partial charge in [0.25, 0.3) is 0 Å². The minimum Gasteiger partial charge on any atom is -0.339 e. The molecule has 0 aliphatic heterocycles. The first-order valence-corrected chi connectivity index (χ1v) is 6.14. The molecular weight excluding hydrogens is 202 g/mol. The number of aromatic nitrogens is 2. The third-order valence-corrected chi connectivity index (χ3v) is 3.62. The fourth-order valence-electron chi connectivity index (χ4n) is 2.40. The van der Waals surface area contributed by atoms with Gasteiger partial charge in [-0.2, -0.15) is 4.98 Å². The van der Waals surface area contributed by atoms with Crippen LogP contribution in [0.2, 0.25) is 0 Å². The maximum absolute atomic E-state index is 6.37. The van der Waals surface area contributed by atoms with E-state index in [-0.39, 0.29) is 5.92 Å². The van der Waals surface area contributed by atoms with E-state index in [2.05, 4.69) is 10.1 Å². The molecular formula is C12H21N3O. The molecule has 1 aliphatic carbocycles. The first kappa shape index (κ1) is 11.6. The Balaban J connectivity index is 2.20. The monoisotopic (exact) mass is 223 g/mol. The Hall–Kier alpha value is -0.900. The van der Waals surface area contributed by atoms with Crippen LogP contribution in [0.4, 0.5) is 0 Å². The molecule has 0 aromatic carbocycles. The molecule has 1 aromatic heterocycles.